The van der Waals surface area contributed by atoms with E-state index in [1.165, 1.54) is 5.56 Å². The van der Waals surface area contributed by atoms with Gasteiger partial charge in [0, 0.05) is 42.7 Å². The van der Waals surface area contributed by atoms with Crippen LogP contribution in [0.4, 0.5) is 0 Å². The molecule has 0 bridgehead atoms. The van der Waals surface area contributed by atoms with E-state index in [4.69, 9.17) is 12.2 Å². The van der Waals surface area contributed by atoms with E-state index in [0.29, 0.717) is 0 Å². The van der Waals surface area contributed by atoms with Gasteiger partial charge in [0.25, 0.3) is 0 Å². The van der Waals surface area contributed by atoms with Crippen LogP contribution in [0.2, 0.25) is 0 Å². The molecule has 3 aromatic heterocycles. The van der Waals surface area contributed by atoms with Gasteiger partial charge in [0.1, 0.15) is 0 Å². The summed E-state index contributed by atoms with van der Waals surface area (Å²) in [4.78, 5) is 11.1. The maximum atomic E-state index is 5.80. The smallest absolute Gasteiger partial charge is 0.170 e. The molecule has 1 N–H and O–H groups in total. The van der Waals surface area contributed by atoms with Crippen LogP contribution < -0.4 is 5.32 Å². The SMILES string of the molecule is S=C1N[C@@H](c2ccccn2)[C@H](c2cccn2-c2ccncc2)N1Cc1ccccc1. The molecule has 4 heterocycles. The molecule has 0 radical (unpaired) electrons. The average molecular weight is 412 g/mol. The Bertz CT molecular complexity index is 1130. The van der Waals surface area contributed by atoms with Crippen molar-refractivity contribution in [2.45, 2.75) is 18.6 Å². The fourth-order valence-electron chi connectivity index (χ4n) is 4.05. The van der Waals surface area contributed by atoms with Gasteiger partial charge in [-0.3, -0.25) is 9.97 Å². The van der Waals surface area contributed by atoms with Gasteiger partial charge in [-0.05, 0) is 54.2 Å². The molecule has 1 aliphatic heterocycles. The lowest BCUT2D eigenvalue weighted by atomic mass is 10.0. The van der Waals surface area contributed by atoms with Gasteiger partial charge < -0.3 is 14.8 Å². The molecule has 5 rings (SSSR count). The first-order valence-electron chi connectivity index (χ1n) is 9.91. The predicted molar refractivity (Wildman–Crippen MR) is 121 cm³/mol. The van der Waals surface area contributed by atoms with Crippen LogP contribution in [-0.4, -0.2) is 24.5 Å². The van der Waals surface area contributed by atoms with Crippen LogP contribution in [0.1, 0.15) is 29.0 Å². The number of pyridine rings is 2. The average Bonchev–Trinajstić information content (AvgIpc) is 3.40. The Morgan fingerprint density at radius 1 is 0.867 bits per heavy atom. The molecular formula is C24H21N5S. The van der Waals surface area contributed by atoms with Gasteiger partial charge in [-0.15, -0.1) is 0 Å². The van der Waals surface area contributed by atoms with Gasteiger partial charge in [-0.25, -0.2) is 0 Å². The Morgan fingerprint density at radius 2 is 1.67 bits per heavy atom. The van der Waals surface area contributed by atoms with E-state index in [1.807, 2.05) is 48.9 Å². The molecule has 148 valence electrons. The summed E-state index contributed by atoms with van der Waals surface area (Å²) in [6.45, 7) is 0.724. The molecule has 4 aromatic rings. The first-order valence-corrected chi connectivity index (χ1v) is 10.3. The van der Waals surface area contributed by atoms with Gasteiger partial charge in [0.15, 0.2) is 5.11 Å². The highest BCUT2D eigenvalue weighted by atomic mass is 32.1. The zero-order valence-corrected chi connectivity index (χ0v) is 17.1. The van der Waals surface area contributed by atoms with Crippen LogP contribution in [0, 0.1) is 0 Å². The normalized spacial score (nSPS) is 18.4. The highest BCUT2D eigenvalue weighted by Gasteiger charge is 2.41. The Morgan fingerprint density at radius 3 is 2.43 bits per heavy atom. The minimum Gasteiger partial charge on any atom is -0.352 e. The van der Waals surface area contributed by atoms with Crippen molar-refractivity contribution in [3.63, 3.8) is 0 Å². The van der Waals surface area contributed by atoms with Crippen molar-refractivity contribution in [3.05, 3.63) is 115 Å². The molecule has 6 heteroatoms. The number of hydrogen-bond donors (Lipinski definition) is 1. The van der Waals surface area contributed by atoms with Crippen molar-refractivity contribution in [2.75, 3.05) is 0 Å². The molecule has 0 unspecified atom stereocenters. The molecule has 0 aliphatic carbocycles. The van der Waals surface area contributed by atoms with E-state index in [2.05, 4.69) is 73.4 Å². The van der Waals surface area contributed by atoms with Gasteiger partial charge >= 0.3 is 0 Å². The lowest BCUT2D eigenvalue weighted by molar-refractivity contribution is 0.302. The van der Waals surface area contributed by atoms with Crippen LogP contribution >= 0.6 is 12.2 Å². The molecule has 1 fully saturated rings. The summed E-state index contributed by atoms with van der Waals surface area (Å²) < 4.78 is 2.20. The topological polar surface area (TPSA) is 46.0 Å². The number of hydrogen-bond acceptors (Lipinski definition) is 3. The summed E-state index contributed by atoms with van der Waals surface area (Å²) in [5, 5.41) is 4.26. The van der Waals surface area contributed by atoms with Crippen molar-refractivity contribution >= 4 is 17.3 Å². The highest BCUT2D eigenvalue weighted by Crippen LogP contribution is 2.40. The number of nitrogens with zero attached hydrogens (tertiary/aromatic N) is 4. The zero-order chi connectivity index (χ0) is 20.3. The maximum Gasteiger partial charge on any atom is 0.170 e. The fraction of sp³-hybridized carbons (Fsp3) is 0.125. The second-order valence-corrected chi connectivity index (χ2v) is 7.64. The van der Waals surface area contributed by atoms with Crippen molar-refractivity contribution < 1.29 is 0 Å². The van der Waals surface area contributed by atoms with Crippen molar-refractivity contribution in [3.8, 4) is 5.69 Å². The number of aromatic nitrogens is 3. The molecule has 1 saturated heterocycles. The monoisotopic (exact) mass is 411 g/mol. The largest absolute Gasteiger partial charge is 0.352 e. The summed E-state index contributed by atoms with van der Waals surface area (Å²) in [5.41, 5.74) is 4.42. The number of nitrogens with one attached hydrogen (secondary N) is 1. The minimum atomic E-state index is -0.0436. The molecule has 0 amide bonds. The molecule has 1 aromatic carbocycles. The van der Waals surface area contributed by atoms with Crippen LogP contribution in [0.5, 0.6) is 0 Å². The number of benzene rings is 1. The van der Waals surface area contributed by atoms with E-state index < -0.39 is 0 Å². The molecular weight excluding hydrogens is 390 g/mol. The van der Waals surface area contributed by atoms with E-state index in [0.717, 1.165) is 28.7 Å². The number of rotatable bonds is 5. The van der Waals surface area contributed by atoms with Crippen molar-refractivity contribution in [1.82, 2.24) is 24.8 Å². The fourth-order valence-corrected chi connectivity index (χ4v) is 4.36. The summed E-state index contributed by atoms with van der Waals surface area (Å²) >= 11 is 5.80. The van der Waals surface area contributed by atoms with Crippen molar-refractivity contribution in [2.24, 2.45) is 0 Å². The summed E-state index contributed by atoms with van der Waals surface area (Å²) in [6.07, 6.45) is 7.55. The molecule has 5 nitrogen and oxygen atoms in total. The zero-order valence-electron chi connectivity index (χ0n) is 16.3. The first kappa shape index (κ1) is 18.5. The lowest BCUT2D eigenvalue weighted by Crippen LogP contribution is -2.30. The van der Waals surface area contributed by atoms with Crippen LogP contribution in [-0.2, 0) is 6.54 Å². The van der Waals surface area contributed by atoms with Gasteiger partial charge in [0.2, 0.25) is 0 Å². The Balaban J connectivity index is 1.60. The molecule has 1 aliphatic rings. The molecule has 30 heavy (non-hydrogen) atoms. The Labute approximate surface area is 181 Å². The Kier molecular flexibility index (Phi) is 4.99. The van der Waals surface area contributed by atoms with E-state index >= 15 is 0 Å². The molecule has 0 saturated carbocycles. The second kappa shape index (κ2) is 8.08. The van der Waals surface area contributed by atoms with Crippen LogP contribution in [0.15, 0.2) is 97.6 Å². The third kappa shape index (κ3) is 3.46. The predicted octanol–water partition coefficient (Wildman–Crippen LogP) is 4.44. The van der Waals surface area contributed by atoms with E-state index in [1.54, 1.807) is 0 Å². The summed E-state index contributed by atoms with van der Waals surface area (Å²) in [7, 11) is 0. The standard InChI is InChI=1S/C24H21N5S/c30-24-27-22(20-9-4-5-13-26-20)23(29(24)17-18-7-2-1-3-8-18)21-10-6-16-28(21)19-11-14-25-15-12-19/h1-16,22-23H,17H2,(H,27,30)/t22-,23-/m0/s1. The minimum absolute atomic E-state index is 0.00392. The van der Waals surface area contributed by atoms with Gasteiger partial charge in [-0.1, -0.05) is 36.4 Å². The molecule has 2 atom stereocenters. The Hall–Kier alpha value is -3.51. The van der Waals surface area contributed by atoms with Gasteiger partial charge in [-0.2, -0.15) is 0 Å². The maximum absolute atomic E-state index is 5.80. The third-order valence-electron chi connectivity index (χ3n) is 5.42. The lowest BCUT2D eigenvalue weighted by Gasteiger charge is -2.29. The first-order chi connectivity index (χ1) is 14.8. The second-order valence-electron chi connectivity index (χ2n) is 7.25. The molecule has 0 spiro atoms. The van der Waals surface area contributed by atoms with Crippen LogP contribution in [0.25, 0.3) is 5.69 Å². The van der Waals surface area contributed by atoms with Crippen molar-refractivity contribution in [1.29, 1.82) is 0 Å². The highest BCUT2D eigenvalue weighted by molar-refractivity contribution is 7.80. The van der Waals surface area contributed by atoms with Crippen LogP contribution in [0.3, 0.4) is 0 Å². The summed E-state index contributed by atoms with van der Waals surface area (Å²) in [6, 6.07) is 24.7. The van der Waals surface area contributed by atoms with Gasteiger partial charge in [0.05, 0.1) is 17.8 Å². The number of thiocarbonyl (C=S) groups is 1. The third-order valence-corrected chi connectivity index (χ3v) is 5.77. The summed E-state index contributed by atoms with van der Waals surface area (Å²) in [5.74, 6) is 0. The van der Waals surface area contributed by atoms with E-state index in [-0.39, 0.29) is 12.1 Å². The quantitative estimate of drug-likeness (QED) is 0.492. The van der Waals surface area contributed by atoms with E-state index in [9.17, 15) is 0 Å².